The number of ether oxygens (including phenoxy) is 1. The van der Waals surface area contributed by atoms with Gasteiger partial charge in [-0.25, -0.2) is 14.5 Å². The number of carbonyl (C=O) groups is 2. The lowest BCUT2D eigenvalue weighted by Crippen LogP contribution is -2.49. The van der Waals surface area contributed by atoms with Crippen LogP contribution in [0.1, 0.15) is 33.6 Å². The Morgan fingerprint density at radius 3 is 2.50 bits per heavy atom. The maximum absolute atomic E-state index is 13.2. The molecule has 36 heavy (non-hydrogen) atoms. The predicted molar refractivity (Wildman–Crippen MR) is 131 cm³/mol. The van der Waals surface area contributed by atoms with E-state index in [9.17, 15) is 19.5 Å². The summed E-state index contributed by atoms with van der Waals surface area (Å²) in [6.45, 7) is 0.845. The van der Waals surface area contributed by atoms with Crippen molar-refractivity contribution in [2.45, 2.75) is 25.0 Å². The summed E-state index contributed by atoms with van der Waals surface area (Å²) < 4.78 is 7.64. The third-order valence-corrected chi connectivity index (χ3v) is 6.53. The molecule has 3 heterocycles. The summed E-state index contributed by atoms with van der Waals surface area (Å²) in [4.78, 5) is 43.9. The third-order valence-electron chi connectivity index (χ3n) is 6.53. The van der Waals surface area contributed by atoms with Gasteiger partial charge in [-0.3, -0.25) is 14.2 Å². The van der Waals surface area contributed by atoms with Gasteiger partial charge in [0.2, 0.25) is 0 Å². The van der Waals surface area contributed by atoms with E-state index in [1.807, 2.05) is 18.2 Å². The Balaban J connectivity index is 1.34. The second-order valence-electron chi connectivity index (χ2n) is 8.90. The second-order valence-corrected chi connectivity index (χ2v) is 8.90. The third kappa shape index (κ3) is 4.38. The molecule has 0 aliphatic carbocycles. The molecule has 1 amide bonds. The van der Waals surface area contributed by atoms with E-state index in [-0.39, 0.29) is 18.0 Å². The molecule has 0 saturated carbocycles. The van der Waals surface area contributed by atoms with Gasteiger partial charge in [-0.05, 0) is 43.2 Å². The molecule has 10 nitrogen and oxygen atoms in total. The smallest absolute Gasteiger partial charge is 0.337 e. The van der Waals surface area contributed by atoms with Crippen LogP contribution in [0, 0.1) is 0 Å². The summed E-state index contributed by atoms with van der Waals surface area (Å²) in [5, 5.41) is 15.8. The van der Waals surface area contributed by atoms with Crippen molar-refractivity contribution in [3.05, 3.63) is 88.6 Å². The molecule has 1 fully saturated rings. The van der Waals surface area contributed by atoms with Gasteiger partial charge in [-0.15, -0.1) is 0 Å². The molecule has 0 radical (unpaired) electrons. The molecule has 1 N–H and O–H groups in total. The van der Waals surface area contributed by atoms with Crippen molar-refractivity contribution in [3.63, 3.8) is 0 Å². The van der Waals surface area contributed by atoms with Crippen molar-refractivity contribution in [2.75, 3.05) is 20.2 Å². The van der Waals surface area contributed by atoms with Crippen LogP contribution in [0.25, 0.3) is 16.7 Å². The minimum atomic E-state index is -1.14. The van der Waals surface area contributed by atoms with E-state index in [0.717, 1.165) is 0 Å². The molecule has 1 aliphatic heterocycles. The number of piperidine rings is 1. The molecule has 2 aromatic heterocycles. The highest BCUT2D eigenvalue weighted by molar-refractivity contribution is 5.94. The average Bonchev–Trinajstić information content (AvgIpc) is 3.35. The average molecular weight is 488 g/mol. The van der Waals surface area contributed by atoms with E-state index in [2.05, 4.69) is 10.1 Å². The Kier molecular flexibility index (Phi) is 6.11. The van der Waals surface area contributed by atoms with Gasteiger partial charge in [0, 0.05) is 18.7 Å². The second kappa shape index (κ2) is 9.38. The summed E-state index contributed by atoms with van der Waals surface area (Å²) in [6, 6.07) is 15.7. The molecule has 4 aromatic rings. The number of aromatic nitrogens is 4. The zero-order valence-electron chi connectivity index (χ0n) is 19.7. The lowest BCUT2D eigenvalue weighted by Gasteiger charge is -2.38. The van der Waals surface area contributed by atoms with Crippen LogP contribution in [0.15, 0.2) is 71.9 Å². The van der Waals surface area contributed by atoms with E-state index in [1.54, 1.807) is 41.3 Å². The van der Waals surface area contributed by atoms with Crippen molar-refractivity contribution in [1.29, 1.82) is 0 Å². The number of fused-ring (bicyclic) bond motifs is 1. The van der Waals surface area contributed by atoms with Gasteiger partial charge in [-0.2, -0.15) is 5.10 Å². The van der Waals surface area contributed by atoms with Gasteiger partial charge in [-0.1, -0.05) is 24.3 Å². The molecule has 10 heteroatoms. The Morgan fingerprint density at radius 1 is 1.06 bits per heavy atom. The number of nitrogens with zero attached hydrogens (tertiary/aromatic N) is 5. The van der Waals surface area contributed by atoms with Gasteiger partial charge in [0.05, 0.1) is 36.7 Å². The van der Waals surface area contributed by atoms with E-state index in [0.29, 0.717) is 53.8 Å². The highest BCUT2D eigenvalue weighted by atomic mass is 16.5. The number of hydrogen-bond acceptors (Lipinski definition) is 7. The first-order valence-corrected chi connectivity index (χ1v) is 11.6. The number of aliphatic hydroxyl groups is 1. The molecule has 0 unspecified atom stereocenters. The fraction of sp³-hybridized carbons (Fsp3) is 0.269. The standard InChI is InChI=1S/C26H25N5O5/c1-36-25(34)19-8-5-9-20(14-19)31-22-21(15-28-31)24(33)30(17-27-22)16-26(35)10-12-29(13-11-26)23(32)18-6-3-2-4-7-18/h2-9,14-15,17,35H,10-13,16H2,1H3. The first-order chi connectivity index (χ1) is 17.4. The van der Waals surface area contributed by atoms with Crippen molar-refractivity contribution in [3.8, 4) is 5.69 Å². The van der Waals surface area contributed by atoms with Gasteiger partial charge in [0.1, 0.15) is 11.7 Å². The molecule has 5 rings (SSSR count). The number of rotatable bonds is 5. The van der Waals surface area contributed by atoms with Crippen LogP contribution in [0.5, 0.6) is 0 Å². The maximum Gasteiger partial charge on any atom is 0.337 e. The summed E-state index contributed by atoms with van der Waals surface area (Å²) in [5.74, 6) is -0.546. The normalized spacial score (nSPS) is 15.1. The molecule has 1 aliphatic rings. The zero-order chi connectivity index (χ0) is 25.3. The first-order valence-electron chi connectivity index (χ1n) is 11.6. The Labute approximate surface area is 206 Å². The fourth-order valence-corrected chi connectivity index (χ4v) is 4.50. The highest BCUT2D eigenvalue weighted by Gasteiger charge is 2.35. The molecule has 0 bridgehead atoms. The van der Waals surface area contributed by atoms with Crippen LogP contribution in [0.3, 0.4) is 0 Å². The van der Waals surface area contributed by atoms with Crippen molar-refractivity contribution < 1.29 is 19.4 Å². The molecule has 0 atom stereocenters. The fourth-order valence-electron chi connectivity index (χ4n) is 4.50. The number of benzene rings is 2. The van der Waals surface area contributed by atoms with E-state index in [1.165, 1.54) is 28.9 Å². The maximum atomic E-state index is 13.2. The van der Waals surface area contributed by atoms with Crippen LogP contribution in [0.2, 0.25) is 0 Å². The largest absolute Gasteiger partial charge is 0.465 e. The SMILES string of the molecule is COC(=O)c1cccc(-n2ncc3c(=O)n(CC4(O)CCN(C(=O)c5ccccc5)CC4)cnc32)c1. The zero-order valence-corrected chi connectivity index (χ0v) is 19.7. The first kappa shape index (κ1) is 23.4. The van der Waals surface area contributed by atoms with E-state index >= 15 is 0 Å². The summed E-state index contributed by atoms with van der Waals surface area (Å²) in [5.41, 5.74) is 0.401. The van der Waals surface area contributed by atoms with E-state index in [4.69, 9.17) is 4.74 Å². The monoisotopic (exact) mass is 487 g/mol. The molecule has 184 valence electrons. The van der Waals surface area contributed by atoms with Crippen LogP contribution in [-0.2, 0) is 11.3 Å². The van der Waals surface area contributed by atoms with Gasteiger partial charge < -0.3 is 14.7 Å². The molecule has 0 spiro atoms. The lowest BCUT2D eigenvalue weighted by atomic mass is 9.91. The molecular formula is C26H25N5O5. The summed E-state index contributed by atoms with van der Waals surface area (Å²) in [7, 11) is 1.31. The van der Waals surface area contributed by atoms with Crippen LogP contribution < -0.4 is 5.56 Å². The van der Waals surface area contributed by atoms with Crippen molar-refractivity contribution >= 4 is 22.9 Å². The summed E-state index contributed by atoms with van der Waals surface area (Å²) >= 11 is 0. The molecular weight excluding hydrogens is 462 g/mol. The molecule has 1 saturated heterocycles. The quantitative estimate of drug-likeness (QED) is 0.428. The number of methoxy groups -OCH3 is 1. The molecule has 2 aromatic carbocycles. The van der Waals surface area contributed by atoms with Gasteiger partial charge >= 0.3 is 5.97 Å². The van der Waals surface area contributed by atoms with Gasteiger partial charge in [0.25, 0.3) is 11.5 Å². The van der Waals surface area contributed by atoms with Crippen molar-refractivity contribution in [2.24, 2.45) is 0 Å². The highest BCUT2D eigenvalue weighted by Crippen LogP contribution is 2.25. The van der Waals surface area contributed by atoms with Crippen molar-refractivity contribution in [1.82, 2.24) is 24.2 Å². The van der Waals surface area contributed by atoms with Gasteiger partial charge in [0.15, 0.2) is 5.65 Å². The van der Waals surface area contributed by atoms with Crippen LogP contribution >= 0.6 is 0 Å². The summed E-state index contributed by atoms with van der Waals surface area (Å²) in [6.07, 6.45) is 3.51. The Morgan fingerprint density at radius 2 is 1.78 bits per heavy atom. The predicted octanol–water partition coefficient (Wildman–Crippen LogP) is 2.04. The van der Waals surface area contributed by atoms with Crippen LogP contribution in [-0.4, -0.2) is 67.0 Å². The Hall–Kier alpha value is -4.31. The Bertz CT molecular complexity index is 1490. The number of likely N-dealkylation sites (tertiary alicyclic amines) is 1. The number of esters is 1. The topological polar surface area (TPSA) is 120 Å². The lowest BCUT2D eigenvalue weighted by molar-refractivity contribution is -0.0299. The number of carbonyl (C=O) groups excluding carboxylic acids is 2. The van der Waals surface area contributed by atoms with Crippen LogP contribution in [0.4, 0.5) is 0 Å². The number of amides is 1. The minimum Gasteiger partial charge on any atom is -0.465 e. The minimum absolute atomic E-state index is 0.0607. The van der Waals surface area contributed by atoms with E-state index < -0.39 is 11.6 Å². The number of hydrogen-bond donors (Lipinski definition) is 1.